The topological polar surface area (TPSA) is 65.2 Å². The van der Waals surface area contributed by atoms with Gasteiger partial charge in [-0.3, -0.25) is 4.79 Å². The van der Waals surface area contributed by atoms with Crippen LogP contribution in [0.4, 0.5) is 0 Å². The normalized spacial score (nSPS) is 13.0. The lowest BCUT2D eigenvalue weighted by Crippen LogP contribution is -2.14. The molecule has 0 aliphatic carbocycles. The fourth-order valence-corrected chi connectivity index (χ4v) is 1.87. The number of aryl methyl sites for hydroxylation is 1. The molecule has 1 aromatic heterocycles. The Hall–Kier alpha value is -2.17. The summed E-state index contributed by atoms with van der Waals surface area (Å²) in [4.78, 5) is 16.3. The van der Waals surface area contributed by atoms with E-state index >= 15 is 0 Å². The Bertz CT molecular complexity index is 639. The van der Waals surface area contributed by atoms with Crippen LogP contribution < -0.4 is 0 Å². The predicted molar refractivity (Wildman–Crippen MR) is 82.4 cm³/mol. The summed E-state index contributed by atoms with van der Waals surface area (Å²) in [6, 6.07) is 7.79. The van der Waals surface area contributed by atoms with Crippen LogP contribution in [-0.4, -0.2) is 16.1 Å². The second kappa shape index (κ2) is 6.30. The first-order valence-electron chi connectivity index (χ1n) is 7.35. The largest absolute Gasteiger partial charge is 0.452 e. The third kappa shape index (κ3) is 4.16. The minimum Gasteiger partial charge on any atom is -0.452 e. The van der Waals surface area contributed by atoms with Crippen molar-refractivity contribution in [2.24, 2.45) is 0 Å². The molecule has 0 aliphatic heterocycles. The van der Waals surface area contributed by atoms with Gasteiger partial charge < -0.3 is 9.26 Å². The van der Waals surface area contributed by atoms with Crippen molar-refractivity contribution in [3.05, 3.63) is 47.1 Å². The molecule has 0 bridgehead atoms. The number of carbonyl (C=O) groups is 1. The first kappa shape index (κ1) is 16.2. The molecule has 1 unspecified atom stereocenters. The van der Waals surface area contributed by atoms with Crippen molar-refractivity contribution in [1.82, 2.24) is 10.1 Å². The molecule has 22 heavy (non-hydrogen) atoms. The van der Waals surface area contributed by atoms with Crippen molar-refractivity contribution < 1.29 is 14.1 Å². The van der Waals surface area contributed by atoms with E-state index in [1.165, 1.54) is 0 Å². The van der Waals surface area contributed by atoms with Gasteiger partial charge in [-0.2, -0.15) is 4.98 Å². The highest BCUT2D eigenvalue weighted by atomic mass is 16.6. The standard InChI is InChI=1S/C17H22N2O3/c1-11-6-8-13(9-7-11)10-14(20)21-12(2)15-18-16(19-22-15)17(3,4)5/h6-9,12H,10H2,1-5H3. The Balaban J connectivity index is 1.96. The summed E-state index contributed by atoms with van der Waals surface area (Å²) in [5.41, 5.74) is 1.88. The summed E-state index contributed by atoms with van der Waals surface area (Å²) in [7, 11) is 0. The molecule has 0 saturated carbocycles. The first-order chi connectivity index (χ1) is 10.3. The number of ether oxygens (including phenoxy) is 1. The molecule has 1 aromatic carbocycles. The quantitative estimate of drug-likeness (QED) is 0.808. The SMILES string of the molecule is Cc1ccc(CC(=O)OC(C)c2nc(C(C)(C)C)no2)cc1. The molecular weight excluding hydrogens is 280 g/mol. The van der Waals surface area contributed by atoms with E-state index in [0.29, 0.717) is 11.7 Å². The molecule has 0 saturated heterocycles. The van der Waals surface area contributed by atoms with Gasteiger partial charge in [0.25, 0.3) is 5.89 Å². The molecule has 118 valence electrons. The van der Waals surface area contributed by atoms with Crippen LogP contribution in [0.15, 0.2) is 28.8 Å². The highest BCUT2D eigenvalue weighted by molar-refractivity contribution is 5.72. The van der Waals surface area contributed by atoms with Gasteiger partial charge in [-0.25, -0.2) is 0 Å². The van der Waals surface area contributed by atoms with Crippen molar-refractivity contribution in [3.8, 4) is 0 Å². The summed E-state index contributed by atoms with van der Waals surface area (Å²) in [5, 5.41) is 3.93. The van der Waals surface area contributed by atoms with Crippen LogP contribution in [0.1, 0.15) is 56.6 Å². The third-order valence-corrected chi connectivity index (χ3v) is 3.24. The second-order valence-corrected chi connectivity index (χ2v) is 6.50. The van der Waals surface area contributed by atoms with E-state index in [4.69, 9.17) is 9.26 Å². The average Bonchev–Trinajstić information content (AvgIpc) is 2.91. The molecule has 0 spiro atoms. The number of benzene rings is 1. The Morgan fingerprint density at radius 2 is 1.91 bits per heavy atom. The van der Waals surface area contributed by atoms with Crippen molar-refractivity contribution >= 4 is 5.97 Å². The first-order valence-corrected chi connectivity index (χ1v) is 7.35. The van der Waals surface area contributed by atoms with Crippen molar-refractivity contribution in [2.45, 2.75) is 52.6 Å². The zero-order chi connectivity index (χ0) is 16.3. The Morgan fingerprint density at radius 1 is 1.27 bits per heavy atom. The molecule has 1 heterocycles. The van der Waals surface area contributed by atoms with E-state index in [1.54, 1.807) is 6.92 Å². The summed E-state index contributed by atoms with van der Waals surface area (Å²) >= 11 is 0. The van der Waals surface area contributed by atoms with Crippen molar-refractivity contribution in [1.29, 1.82) is 0 Å². The number of nitrogens with zero attached hydrogens (tertiary/aromatic N) is 2. The number of rotatable bonds is 4. The number of esters is 1. The Morgan fingerprint density at radius 3 is 2.45 bits per heavy atom. The summed E-state index contributed by atoms with van der Waals surface area (Å²) in [5.74, 6) is 0.609. The Labute approximate surface area is 130 Å². The predicted octanol–water partition coefficient (Wildman–Crippen LogP) is 3.52. The van der Waals surface area contributed by atoms with Crippen LogP contribution in [-0.2, 0) is 21.4 Å². The highest BCUT2D eigenvalue weighted by Gasteiger charge is 2.24. The summed E-state index contributed by atoms with van der Waals surface area (Å²) in [6.07, 6.45) is -0.327. The lowest BCUT2D eigenvalue weighted by atomic mass is 9.96. The molecule has 2 aromatic rings. The maximum absolute atomic E-state index is 12.0. The van der Waals surface area contributed by atoms with Gasteiger partial charge >= 0.3 is 5.97 Å². The van der Waals surface area contributed by atoms with E-state index < -0.39 is 6.10 Å². The fraction of sp³-hybridized carbons (Fsp3) is 0.471. The minimum absolute atomic E-state index is 0.201. The van der Waals surface area contributed by atoms with Crippen LogP contribution in [0.5, 0.6) is 0 Å². The maximum atomic E-state index is 12.0. The van der Waals surface area contributed by atoms with Gasteiger partial charge in [-0.05, 0) is 19.4 Å². The lowest BCUT2D eigenvalue weighted by Gasteiger charge is -2.11. The van der Waals surface area contributed by atoms with Gasteiger partial charge in [0.15, 0.2) is 11.9 Å². The van der Waals surface area contributed by atoms with Crippen molar-refractivity contribution in [2.75, 3.05) is 0 Å². The fourth-order valence-electron chi connectivity index (χ4n) is 1.87. The molecule has 1 atom stereocenters. The van der Waals surface area contributed by atoms with E-state index in [1.807, 2.05) is 52.0 Å². The van der Waals surface area contributed by atoms with Gasteiger partial charge in [0.2, 0.25) is 0 Å². The molecule has 0 radical (unpaired) electrons. The lowest BCUT2D eigenvalue weighted by molar-refractivity contribution is -0.148. The van der Waals surface area contributed by atoms with Gasteiger partial charge in [0.05, 0.1) is 6.42 Å². The van der Waals surface area contributed by atoms with Crippen LogP contribution in [0.3, 0.4) is 0 Å². The molecule has 0 aliphatic rings. The number of hydrogen-bond acceptors (Lipinski definition) is 5. The maximum Gasteiger partial charge on any atom is 0.311 e. The minimum atomic E-state index is -0.554. The highest BCUT2D eigenvalue weighted by Crippen LogP contribution is 2.22. The smallest absolute Gasteiger partial charge is 0.311 e. The summed E-state index contributed by atoms with van der Waals surface area (Å²) in [6.45, 7) is 9.72. The second-order valence-electron chi connectivity index (χ2n) is 6.50. The molecule has 0 amide bonds. The zero-order valence-corrected chi connectivity index (χ0v) is 13.7. The van der Waals surface area contributed by atoms with Gasteiger partial charge in [0, 0.05) is 5.41 Å². The van der Waals surface area contributed by atoms with E-state index in [2.05, 4.69) is 10.1 Å². The molecule has 5 heteroatoms. The molecule has 5 nitrogen and oxygen atoms in total. The Kier molecular flexibility index (Phi) is 4.64. The van der Waals surface area contributed by atoms with Crippen LogP contribution in [0.25, 0.3) is 0 Å². The van der Waals surface area contributed by atoms with Gasteiger partial charge in [-0.15, -0.1) is 0 Å². The molecular formula is C17H22N2O3. The van der Waals surface area contributed by atoms with E-state index in [-0.39, 0.29) is 17.8 Å². The number of aromatic nitrogens is 2. The van der Waals surface area contributed by atoms with Crippen LogP contribution >= 0.6 is 0 Å². The van der Waals surface area contributed by atoms with Crippen LogP contribution in [0.2, 0.25) is 0 Å². The van der Waals surface area contributed by atoms with E-state index in [0.717, 1.165) is 11.1 Å². The number of hydrogen-bond donors (Lipinski definition) is 0. The van der Waals surface area contributed by atoms with Gasteiger partial charge in [0.1, 0.15) is 0 Å². The average molecular weight is 302 g/mol. The zero-order valence-electron chi connectivity index (χ0n) is 13.7. The summed E-state index contributed by atoms with van der Waals surface area (Å²) < 4.78 is 10.5. The molecule has 0 N–H and O–H groups in total. The van der Waals surface area contributed by atoms with E-state index in [9.17, 15) is 4.79 Å². The molecule has 0 fully saturated rings. The molecule has 2 rings (SSSR count). The number of carbonyl (C=O) groups excluding carboxylic acids is 1. The third-order valence-electron chi connectivity index (χ3n) is 3.24. The monoisotopic (exact) mass is 302 g/mol. The van der Waals surface area contributed by atoms with Crippen LogP contribution in [0, 0.1) is 6.92 Å². The van der Waals surface area contributed by atoms with Gasteiger partial charge in [-0.1, -0.05) is 55.8 Å². The van der Waals surface area contributed by atoms with Crippen molar-refractivity contribution in [3.63, 3.8) is 0 Å².